The summed E-state index contributed by atoms with van der Waals surface area (Å²) in [4.78, 5) is 12.0. The van der Waals surface area contributed by atoms with E-state index in [4.69, 9.17) is 4.74 Å². The number of carbonyl (C=O) groups is 1. The first-order valence-electron chi connectivity index (χ1n) is 7.22. The van der Waals surface area contributed by atoms with Crippen molar-refractivity contribution in [3.05, 3.63) is 29.8 Å². The average Bonchev–Trinajstić information content (AvgIpc) is 2.96. The topological polar surface area (TPSA) is 74.2 Å². The van der Waals surface area contributed by atoms with Gasteiger partial charge in [0, 0.05) is 18.4 Å². The second-order valence-corrected chi connectivity index (χ2v) is 5.39. The van der Waals surface area contributed by atoms with Gasteiger partial charge in [-0.2, -0.15) is 5.26 Å². The van der Waals surface area contributed by atoms with Crippen molar-refractivity contribution in [3.8, 4) is 6.07 Å². The maximum absolute atomic E-state index is 12.0. The van der Waals surface area contributed by atoms with Crippen LogP contribution in [0.2, 0.25) is 0 Å². The monoisotopic (exact) mass is 287 g/mol. The molecule has 0 spiro atoms. The molecule has 5 nitrogen and oxygen atoms in total. The van der Waals surface area contributed by atoms with Crippen molar-refractivity contribution in [3.63, 3.8) is 0 Å². The summed E-state index contributed by atoms with van der Waals surface area (Å²) >= 11 is 0. The lowest BCUT2D eigenvalue weighted by molar-refractivity contribution is -0.120. The molecule has 1 amide bonds. The van der Waals surface area contributed by atoms with Crippen LogP contribution in [0.4, 0.5) is 5.69 Å². The molecule has 1 aliphatic carbocycles. The summed E-state index contributed by atoms with van der Waals surface area (Å²) in [7, 11) is 1.64. The van der Waals surface area contributed by atoms with Crippen LogP contribution in [0.25, 0.3) is 0 Å². The third-order valence-corrected chi connectivity index (χ3v) is 3.81. The highest BCUT2D eigenvalue weighted by atomic mass is 16.5. The highest BCUT2D eigenvalue weighted by Gasteiger charge is 2.35. The van der Waals surface area contributed by atoms with Crippen molar-refractivity contribution >= 4 is 11.6 Å². The van der Waals surface area contributed by atoms with Crippen molar-refractivity contribution in [2.75, 3.05) is 19.0 Å². The zero-order chi connectivity index (χ0) is 15.1. The Balaban J connectivity index is 1.91. The molecule has 5 heteroatoms. The van der Waals surface area contributed by atoms with E-state index in [9.17, 15) is 10.1 Å². The summed E-state index contributed by atoms with van der Waals surface area (Å²) in [6.45, 7) is 0.650. The number of ether oxygens (including phenoxy) is 1. The molecule has 0 radical (unpaired) electrons. The number of rotatable bonds is 6. The van der Waals surface area contributed by atoms with Gasteiger partial charge in [0.1, 0.15) is 5.54 Å². The van der Waals surface area contributed by atoms with Crippen molar-refractivity contribution in [1.29, 1.82) is 5.26 Å². The van der Waals surface area contributed by atoms with Gasteiger partial charge >= 0.3 is 0 Å². The highest BCUT2D eigenvalue weighted by Crippen LogP contribution is 2.28. The smallest absolute Gasteiger partial charge is 0.240 e. The standard InChI is InChI=1S/C16H21N3O2/c1-21-11-13-6-2-3-7-14(13)18-10-15(20)19-16(12-17)8-4-5-9-16/h2-3,6-7,18H,4-5,8-11H2,1H3,(H,19,20). The van der Waals surface area contributed by atoms with E-state index in [-0.39, 0.29) is 12.5 Å². The van der Waals surface area contributed by atoms with Crippen LogP contribution in [-0.4, -0.2) is 25.1 Å². The summed E-state index contributed by atoms with van der Waals surface area (Å²) in [5.74, 6) is -0.148. The maximum atomic E-state index is 12.0. The number of hydrogen-bond donors (Lipinski definition) is 2. The van der Waals surface area contributed by atoms with Gasteiger partial charge in [0.25, 0.3) is 0 Å². The Morgan fingerprint density at radius 3 is 2.76 bits per heavy atom. The third kappa shape index (κ3) is 3.96. The zero-order valence-corrected chi connectivity index (χ0v) is 12.3. The van der Waals surface area contributed by atoms with E-state index in [1.807, 2.05) is 24.3 Å². The second-order valence-electron chi connectivity index (χ2n) is 5.39. The number of hydrogen-bond acceptors (Lipinski definition) is 4. The van der Waals surface area contributed by atoms with Gasteiger partial charge < -0.3 is 15.4 Å². The predicted molar refractivity (Wildman–Crippen MR) is 80.6 cm³/mol. The number of carbonyl (C=O) groups excluding carboxylic acids is 1. The molecular formula is C16H21N3O2. The Hall–Kier alpha value is -2.06. The van der Waals surface area contributed by atoms with E-state index in [0.717, 1.165) is 36.9 Å². The summed E-state index contributed by atoms with van der Waals surface area (Å²) in [5, 5.41) is 15.2. The van der Waals surface area contributed by atoms with E-state index in [0.29, 0.717) is 6.61 Å². The van der Waals surface area contributed by atoms with Crippen LogP contribution in [-0.2, 0) is 16.1 Å². The molecule has 0 bridgehead atoms. The fourth-order valence-corrected chi connectivity index (χ4v) is 2.70. The number of nitriles is 1. The molecule has 1 saturated carbocycles. The lowest BCUT2D eigenvalue weighted by Crippen LogP contribution is -2.47. The molecule has 0 atom stereocenters. The largest absolute Gasteiger partial charge is 0.380 e. The molecular weight excluding hydrogens is 266 g/mol. The first kappa shape index (κ1) is 15.3. The molecule has 1 aromatic carbocycles. The molecule has 2 rings (SSSR count). The number of nitrogens with one attached hydrogen (secondary N) is 2. The number of amides is 1. The summed E-state index contributed by atoms with van der Waals surface area (Å²) < 4.78 is 5.13. The summed E-state index contributed by atoms with van der Waals surface area (Å²) in [6.07, 6.45) is 3.49. The van der Waals surface area contributed by atoms with Gasteiger partial charge in [-0.3, -0.25) is 4.79 Å². The van der Waals surface area contributed by atoms with E-state index in [1.54, 1.807) is 7.11 Å². The van der Waals surface area contributed by atoms with Gasteiger partial charge in [-0.15, -0.1) is 0 Å². The van der Waals surface area contributed by atoms with Gasteiger partial charge in [-0.1, -0.05) is 18.2 Å². The minimum absolute atomic E-state index is 0.148. The van der Waals surface area contributed by atoms with Crippen LogP contribution >= 0.6 is 0 Å². The molecule has 112 valence electrons. The Kier molecular flexibility index (Phi) is 5.18. The molecule has 0 saturated heterocycles. The molecule has 0 unspecified atom stereocenters. The lowest BCUT2D eigenvalue weighted by atomic mass is 10.00. The van der Waals surface area contributed by atoms with E-state index in [2.05, 4.69) is 16.7 Å². The number of methoxy groups -OCH3 is 1. The lowest BCUT2D eigenvalue weighted by Gasteiger charge is -2.22. The Labute approximate surface area is 125 Å². The molecule has 1 aliphatic rings. The summed E-state index contributed by atoms with van der Waals surface area (Å²) in [5.41, 5.74) is 1.22. The Morgan fingerprint density at radius 1 is 1.38 bits per heavy atom. The molecule has 21 heavy (non-hydrogen) atoms. The highest BCUT2D eigenvalue weighted by molar-refractivity contribution is 5.82. The van der Waals surface area contributed by atoms with Crippen LogP contribution in [0.3, 0.4) is 0 Å². The Morgan fingerprint density at radius 2 is 2.10 bits per heavy atom. The fourth-order valence-electron chi connectivity index (χ4n) is 2.70. The number of anilines is 1. The van der Waals surface area contributed by atoms with Gasteiger partial charge in [0.05, 0.1) is 19.2 Å². The third-order valence-electron chi connectivity index (χ3n) is 3.81. The molecule has 1 aromatic rings. The zero-order valence-electron chi connectivity index (χ0n) is 12.3. The van der Waals surface area contributed by atoms with Crippen LogP contribution in [0.1, 0.15) is 31.2 Å². The molecule has 0 aliphatic heterocycles. The quantitative estimate of drug-likeness (QED) is 0.841. The van der Waals surface area contributed by atoms with E-state index in [1.165, 1.54) is 0 Å². The van der Waals surface area contributed by atoms with Gasteiger partial charge in [0.2, 0.25) is 5.91 Å². The van der Waals surface area contributed by atoms with Crippen molar-refractivity contribution < 1.29 is 9.53 Å². The molecule has 2 N–H and O–H groups in total. The van der Waals surface area contributed by atoms with Crippen molar-refractivity contribution in [2.24, 2.45) is 0 Å². The van der Waals surface area contributed by atoms with Crippen LogP contribution < -0.4 is 10.6 Å². The molecule has 0 heterocycles. The minimum Gasteiger partial charge on any atom is -0.380 e. The van der Waals surface area contributed by atoms with E-state index >= 15 is 0 Å². The molecule has 1 fully saturated rings. The molecule has 0 aromatic heterocycles. The van der Waals surface area contributed by atoms with Crippen molar-refractivity contribution in [2.45, 2.75) is 37.8 Å². The first-order chi connectivity index (χ1) is 10.2. The number of para-hydroxylation sites is 1. The number of nitrogens with zero attached hydrogens (tertiary/aromatic N) is 1. The average molecular weight is 287 g/mol. The summed E-state index contributed by atoms with van der Waals surface area (Å²) in [6, 6.07) is 9.97. The van der Waals surface area contributed by atoms with Crippen LogP contribution in [0.5, 0.6) is 0 Å². The minimum atomic E-state index is -0.662. The van der Waals surface area contributed by atoms with Gasteiger partial charge in [-0.05, 0) is 31.7 Å². The maximum Gasteiger partial charge on any atom is 0.240 e. The number of benzene rings is 1. The normalized spacial score (nSPS) is 16.2. The SMILES string of the molecule is COCc1ccccc1NCC(=O)NC1(C#N)CCCC1. The fraction of sp³-hybridized carbons (Fsp3) is 0.500. The van der Waals surface area contributed by atoms with Gasteiger partial charge in [-0.25, -0.2) is 0 Å². The van der Waals surface area contributed by atoms with Gasteiger partial charge in [0.15, 0.2) is 0 Å². The van der Waals surface area contributed by atoms with Crippen LogP contribution in [0.15, 0.2) is 24.3 Å². The predicted octanol–water partition coefficient (Wildman–Crippen LogP) is 2.20. The van der Waals surface area contributed by atoms with E-state index < -0.39 is 5.54 Å². The second kappa shape index (κ2) is 7.09. The first-order valence-corrected chi connectivity index (χ1v) is 7.22. The van der Waals surface area contributed by atoms with Crippen LogP contribution in [0, 0.1) is 11.3 Å². The van der Waals surface area contributed by atoms with Crippen molar-refractivity contribution in [1.82, 2.24) is 5.32 Å². The Bertz CT molecular complexity index is 531.